The van der Waals surface area contributed by atoms with Crippen molar-refractivity contribution in [3.8, 4) is 5.69 Å². The molecule has 0 unspecified atom stereocenters. The quantitative estimate of drug-likeness (QED) is 0.249. The van der Waals surface area contributed by atoms with E-state index in [1.165, 1.54) is 28.0 Å². The summed E-state index contributed by atoms with van der Waals surface area (Å²) in [6, 6.07) is 4.07. The Bertz CT molecular complexity index is 1310. The average molecular weight is 517 g/mol. The number of aromatic amines is 1. The number of esters is 1. The minimum absolute atomic E-state index is 0.0620. The van der Waals surface area contributed by atoms with E-state index in [-0.39, 0.29) is 24.5 Å². The number of H-pyrrole nitrogens is 1. The number of amides is 3. The summed E-state index contributed by atoms with van der Waals surface area (Å²) in [6.45, 7) is 1.56. The van der Waals surface area contributed by atoms with Crippen LogP contribution in [0.3, 0.4) is 0 Å². The second-order valence-corrected chi connectivity index (χ2v) is 7.85. The van der Waals surface area contributed by atoms with Gasteiger partial charge in [-0.25, -0.2) is 23.6 Å². The van der Waals surface area contributed by atoms with Crippen LogP contribution in [-0.4, -0.2) is 80.0 Å². The average Bonchev–Trinajstić information content (AvgIpc) is 3.59. The maximum absolute atomic E-state index is 15.0. The van der Waals surface area contributed by atoms with Gasteiger partial charge in [0.05, 0.1) is 25.0 Å². The zero-order valence-corrected chi connectivity index (χ0v) is 19.7. The number of cyclic esters (lactones) is 1. The number of imide groups is 1. The summed E-state index contributed by atoms with van der Waals surface area (Å²) in [7, 11) is 0. The molecule has 1 N–H and O–H groups in total. The van der Waals surface area contributed by atoms with Gasteiger partial charge in [0.25, 0.3) is 0 Å². The van der Waals surface area contributed by atoms with Crippen LogP contribution in [0, 0.1) is 5.82 Å². The highest BCUT2D eigenvalue weighted by atomic mass is 19.1. The predicted octanol–water partition coefficient (Wildman–Crippen LogP) is 0.296. The van der Waals surface area contributed by atoms with Crippen molar-refractivity contribution in [3.63, 3.8) is 0 Å². The number of rotatable bonds is 8. The second-order valence-electron chi connectivity index (χ2n) is 7.85. The van der Waals surface area contributed by atoms with E-state index in [1.807, 2.05) is 0 Å². The van der Waals surface area contributed by atoms with Crippen LogP contribution in [0.25, 0.3) is 5.69 Å². The first-order valence-corrected chi connectivity index (χ1v) is 10.9. The Morgan fingerprint density at radius 2 is 2.11 bits per heavy atom. The molecule has 3 heterocycles. The molecule has 16 heteroatoms. The fourth-order valence-electron chi connectivity index (χ4n) is 3.46. The van der Waals surface area contributed by atoms with Gasteiger partial charge in [0, 0.05) is 13.8 Å². The van der Waals surface area contributed by atoms with E-state index in [2.05, 4.69) is 25.1 Å². The van der Waals surface area contributed by atoms with Gasteiger partial charge in [-0.2, -0.15) is 9.78 Å². The van der Waals surface area contributed by atoms with Crippen molar-refractivity contribution in [2.75, 3.05) is 24.8 Å². The molecule has 1 atom stereocenters. The first-order chi connectivity index (χ1) is 17.7. The zero-order chi connectivity index (χ0) is 26.5. The molecule has 1 aromatic carbocycles. The standard InChI is InChI=1S/C21H21FN8O7/c1-13(31)28(20(33)36-12-35-14(2)32)8-17-9-29(21(34)37-17)16-3-4-19(18(22)5-16)30-7-15(25-26-30)6-27-11-23-10-24-27/h3-5,7,10-11,17H,6,8-9,12H2,1-2H3/p+1/t17-/m0/s1. The Morgan fingerprint density at radius 3 is 2.78 bits per heavy atom. The molecular formula is C21H22FN8O7+. The van der Waals surface area contributed by atoms with Crippen molar-refractivity contribution < 1.29 is 42.5 Å². The van der Waals surface area contributed by atoms with Gasteiger partial charge < -0.3 is 14.2 Å². The molecule has 0 bridgehead atoms. The lowest BCUT2D eigenvalue weighted by molar-refractivity contribution is -0.743. The molecule has 3 aromatic rings. The summed E-state index contributed by atoms with van der Waals surface area (Å²) in [5.41, 5.74) is 0.874. The first kappa shape index (κ1) is 25.2. The van der Waals surface area contributed by atoms with E-state index in [1.54, 1.807) is 17.2 Å². The topological polar surface area (TPSA) is 166 Å². The molecule has 1 fully saturated rings. The zero-order valence-electron chi connectivity index (χ0n) is 19.7. The molecule has 3 amide bonds. The summed E-state index contributed by atoms with van der Waals surface area (Å²) >= 11 is 0. The van der Waals surface area contributed by atoms with Gasteiger partial charge in [0.15, 0.2) is 12.4 Å². The number of hydrogen-bond acceptors (Lipinski definition) is 10. The Labute approximate surface area is 208 Å². The number of benzene rings is 1. The van der Waals surface area contributed by atoms with Crippen molar-refractivity contribution >= 4 is 29.8 Å². The summed E-state index contributed by atoms with van der Waals surface area (Å²) < 4.78 is 32.4. The summed E-state index contributed by atoms with van der Waals surface area (Å²) in [4.78, 5) is 53.1. The van der Waals surface area contributed by atoms with E-state index in [0.29, 0.717) is 17.1 Å². The van der Waals surface area contributed by atoms with Gasteiger partial charge >= 0.3 is 24.5 Å². The Morgan fingerprint density at radius 1 is 1.30 bits per heavy atom. The van der Waals surface area contributed by atoms with Crippen LogP contribution in [0.15, 0.2) is 37.1 Å². The van der Waals surface area contributed by atoms with Crippen molar-refractivity contribution in [2.45, 2.75) is 26.5 Å². The minimum Gasteiger partial charge on any atom is -0.442 e. The van der Waals surface area contributed by atoms with Gasteiger partial charge in [0.1, 0.15) is 17.5 Å². The lowest BCUT2D eigenvalue weighted by Gasteiger charge is -2.21. The molecule has 2 aromatic heterocycles. The summed E-state index contributed by atoms with van der Waals surface area (Å²) in [5, 5.41) is 10.8. The van der Waals surface area contributed by atoms with Crippen molar-refractivity contribution in [3.05, 3.63) is 48.6 Å². The molecule has 0 saturated carbocycles. The Hall–Kier alpha value is -4.89. The van der Waals surface area contributed by atoms with Gasteiger partial charge in [0.2, 0.25) is 19.0 Å². The number of nitrogens with zero attached hydrogens (tertiary/aromatic N) is 7. The molecule has 1 aliphatic heterocycles. The highest BCUT2D eigenvalue weighted by molar-refractivity contribution is 5.92. The smallest absolute Gasteiger partial charge is 0.419 e. The molecule has 194 valence electrons. The molecule has 0 spiro atoms. The van der Waals surface area contributed by atoms with Crippen LogP contribution in [0.5, 0.6) is 0 Å². The van der Waals surface area contributed by atoms with Crippen LogP contribution < -0.4 is 9.58 Å². The van der Waals surface area contributed by atoms with E-state index in [0.717, 1.165) is 19.9 Å². The molecule has 0 aliphatic carbocycles. The highest BCUT2D eigenvalue weighted by Crippen LogP contribution is 2.26. The normalized spacial score (nSPS) is 14.8. The third kappa shape index (κ3) is 6.03. The molecule has 0 radical (unpaired) electrons. The molecule has 4 rings (SSSR count). The molecule has 1 aliphatic rings. The lowest BCUT2D eigenvalue weighted by atomic mass is 10.2. The van der Waals surface area contributed by atoms with Crippen LogP contribution in [0.2, 0.25) is 0 Å². The Balaban J connectivity index is 1.41. The second kappa shape index (κ2) is 10.8. The van der Waals surface area contributed by atoms with Crippen molar-refractivity contribution in [2.24, 2.45) is 0 Å². The number of aromatic nitrogens is 6. The van der Waals surface area contributed by atoms with E-state index < -0.39 is 42.8 Å². The molecular weight excluding hydrogens is 495 g/mol. The van der Waals surface area contributed by atoms with Crippen LogP contribution in [0.4, 0.5) is 19.7 Å². The summed E-state index contributed by atoms with van der Waals surface area (Å²) in [6.07, 6.45) is 1.87. The molecule has 37 heavy (non-hydrogen) atoms. The number of carbonyl (C=O) groups is 4. The largest absolute Gasteiger partial charge is 0.442 e. The number of ether oxygens (including phenoxy) is 3. The van der Waals surface area contributed by atoms with Gasteiger partial charge in [-0.3, -0.25) is 14.5 Å². The van der Waals surface area contributed by atoms with Gasteiger partial charge in [-0.1, -0.05) is 5.21 Å². The Kier molecular flexibility index (Phi) is 7.36. The van der Waals surface area contributed by atoms with E-state index in [4.69, 9.17) is 9.47 Å². The fraction of sp³-hybridized carbons (Fsp3) is 0.333. The number of hydrogen-bond donors (Lipinski definition) is 1. The number of halogens is 1. The van der Waals surface area contributed by atoms with E-state index in [9.17, 15) is 23.6 Å². The summed E-state index contributed by atoms with van der Waals surface area (Å²) in [5.74, 6) is -2.01. The predicted molar refractivity (Wildman–Crippen MR) is 117 cm³/mol. The third-order valence-electron chi connectivity index (χ3n) is 5.17. The minimum atomic E-state index is -1.07. The monoisotopic (exact) mass is 517 g/mol. The van der Waals surface area contributed by atoms with Crippen molar-refractivity contribution in [1.82, 2.24) is 30.0 Å². The lowest BCUT2D eigenvalue weighted by Crippen LogP contribution is -2.42. The van der Waals surface area contributed by atoms with Gasteiger partial charge in [-0.05, 0) is 23.2 Å². The number of carbonyl (C=O) groups excluding carboxylic acids is 4. The van der Waals surface area contributed by atoms with Crippen LogP contribution >= 0.6 is 0 Å². The SMILES string of the molecule is CC(=O)OCOC(=O)N(C[C@H]1CN(c2ccc(-n3cc(C[n+]4cnc[nH]4)nn3)c(F)c2)C(=O)O1)C(C)=O. The molecule has 15 nitrogen and oxygen atoms in total. The number of nitrogens with one attached hydrogen (secondary N) is 1. The fourth-order valence-corrected chi connectivity index (χ4v) is 3.46. The maximum atomic E-state index is 15.0. The van der Waals surface area contributed by atoms with Crippen LogP contribution in [0.1, 0.15) is 19.5 Å². The molecule has 1 saturated heterocycles. The first-order valence-electron chi connectivity index (χ1n) is 10.9. The van der Waals surface area contributed by atoms with Gasteiger partial charge in [-0.15, -0.1) is 5.10 Å². The highest BCUT2D eigenvalue weighted by Gasteiger charge is 2.36. The van der Waals surface area contributed by atoms with Crippen LogP contribution in [-0.2, 0) is 30.3 Å². The van der Waals surface area contributed by atoms with E-state index >= 15 is 0 Å². The maximum Gasteiger partial charge on any atom is 0.419 e. The van der Waals surface area contributed by atoms with Crippen molar-refractivity contribution in [1.29, 1.82) is 0 Å². The third-order valence-corrected chi connectivity index (χ3v) is 5.17. The number of anilines is 1.